The fourth-order valence-corrected chi connectivity index (χ4v) is 3.59. The van der Waals surface area contributed by atoms with Crippen LogP contribution >= 0.6 is 0 Å². The maximum Gasteiger partial charge on any atom is 0.363 e. The molecule has 98 valence electrons. The van der Waals surface area contributed by atoms with E-state index >= 15 is 0 Å². The second-order valence-electron chi connectivity index (χ2n) is 4.26. The Balaban J connectivity index is 2.03. The molecule has 7 nitrogen and oxygen atoms in total. The van der Waals surface area contributed by atoms with Gasteiger partial charge in [-0.2, -0.15) is 0 Å². The first-order chi connectivity index (χ1) is 8.46. The lowest BCUT2D eigenvalue weighted by molar-refractivity contribution is -0.389. The molecule has 18 heavy (non-hydrogen) atoms. The monoisotopic (exact) mass is 271 g/mol. The maximum atomic E-state index is 11.4. The Kier molecular flexibility index (Phi) is 3.46. The summed E-state index contributed by atoms with van der Waals surface area (Å²) < 4.78 is 22.9. The van der Waals surface area contributed by atoms with E-state index in [9.17, 15) is 18.5 Å². The zero-order valence-corrected chi connectivity index (χ0v) is 10.4. The van der Waals surface area contributed by atoms with Crippen LogP contribution in [0.15, 0.2) is 18.3 Å². The molecule has 2 heterocycles. The van der Waals surface area contributed by atoms with Gasteiger partial charge in [-0.15, -0.1) is 0 Å². The molecule has 1 saturated heterocycles. The van der Waals surface area contributed by atoms with Crippen molar-refractivity contribution in [2.75, 3.05) is 16.8 Å². The van der Waals surface area contributed by atoms with Gasteiger partial charge in [-0.3, -0.25) is 0 Å². The lowest BCUT2D eigenvalue weighted by atomic mass is 10.2. The molecule has 2 rings (SSSR count). The first-order valence-corrected chi connectivity index (χ1v) is 7.36. The van der Waals surface area contributed by atoms with Crippen molar-refractivity contribution in [3.63, 3.8) is 0 Å². The highest BCUT2D eigenvalue weighted by molar-refractivity contribution is 7.91. The van der Waals surface area contributed by atoms with Gasteiger partial charge >= 0.3 is 5.82 Å². The van der Waals surface area contributed by atoms with E-state index < -0.39 is 14.8 Å². The number of nitrogens with zero attached hydrogens (tertiary/aromatic N) is 2. The van der Waals surface area contributed by atoms with Crippen LogP contribution in [0.25, 0.3) is 0 Å². The Hall–Kier alpha value is -1.70. The zero-order valence-electron chi connectivity index (χ0n) is 9.57. The maximum absolute atomic E-state index is 11.4. The summed E-state index contributed by atoms with van der Waals surface area (Å²) in [7, 11) is -2.96. The van der Waals surface area contributed by atoms with Crippen molar-refractivity contribution in [2.24, 2.45) is 0 Å². The Morgan fingerprint density at radius 2 is 2.22 bits per heavy atom. The summed E-state index contributed by atoms with van der Waals surface area (Å²) in [5.74, 6) is 0.116. The van der Waals surface area contributed by atoms with Gasteiger partial charge in [0.2, 0.25) is 0 Å². The SMILES string of the molecule is O=[N+]([O-])c1ccc(NC2CCCS(=O)(=O)C2)cn1. The number of nitrogens with one attached hydrogen (secondary N) is 1. The molecule has 1 unspecified atom stereocenters. The summed E-state index contributed by atoms with van der Waals surface area (Å²) >= 11 is 0. The van der Waals surface area contributed by atoms with E-state index in [0.717, 1.165) is 6.42 Å². The van der Waals surface area contributed by atoms with Crippen LogP contribution in [-0.4, -0.2) is 35.9 Å². The summed E-state index contributed by atoms with van der Waals surface area (Å²) in [6, 6.07) is 2.68. The lowest BCUT2D eigenvalue weighted by Gasteiger charge is -2.23. The molecule has 1 fully saturated rings. The molecule has 1 atom stereocenters. The van der Waals surface area contributed by atoms with E-state index in [2.05, 4.69) is 10.3 Å². The molecule has 0 aliphatic carbocycles. The van der Waals surface area contributed by atoms with Crippen molar-refractivity contribution >= 4 is 21.3 Å². The van der Waals surface area contributed by atoms with Crippen molar-refractivity contribution in [3.05, 3.63) is 28.4 Å². The third-order valence-electron chi connectivity index (χ3n) is 2.77. The summed E-state index contributed by atoms with van der Waals surface area (Å²) in [6.07, 6.45) is 2.76. The van der Waals surface area contributed by atoms with Gasteiger partial charge in [0.15, 0.2) is 16.0 Å². The van der Waals surface area contributed by atoms with Gasteiger partial charge in [-0.05, 0) is 28.8 Å². The predicted octanol–water partition coefficient (Wildman–Crippen LogP) is 0.979. The van der Waals surface area contributed by atoms with Crippen LogP contribution in [0.4, 0.5) is 11.5 Å². The molecule has 0 amide bonds. The zero-order chi connectivity index (χ0) is 13.2. The highest BCUT2D eigenvalue weighted by Crippen LogP contribution is 2.18. The number of pyridine rings is 1. The molecule has 1 aliphatic rings. The normalized spacial score (nSPS) is 22.3. The molecule has 1 N–H and O–H groups in total. The number of nitro groups is 1. The van der Waals surface area contributed by atoms with Crippen LogP contribution in [-0.2, 0) is 9.84 Å². The summed E-state index contributed by atoms with van der Waals surface area (Å²) in [5.41, 5.74) is 0.600. The molecule has 1 aromatic rings. The average molecular weight is 271 g/mol. The molecule has 1 aliphatic heterocycles. The van der Waals surface area contributed by atoms with Crippen molar-refractivity contribution in [1.29, 1.82) is 0 Å². The fraction of sp³-hybridized carbons (Fsp3) is 0.500. The number of anilines is 1. The molecule has 8 heteroatoms. The third kappa shape index (κ3) is 3.16. The molecular formula is C10H13N3O4S. The van der Waals surface area contributed by atoms with Crippen molar-refractivity contribution in [3.8, 4) is 0 Å². The highest BCUT2D eigenvalue weighted by Gasteiger charge is 2.24. The van der Waals surface area contributed by atoms with Crippen LogP contribution in [0.2, 0.25) is 0 Å². The molecule has 0 bridgehead atoms. The lowest BCUT2D eigenvalue weighted by Crippen LogP contribution is -2.34. The Morgan fingerprint density at radius 1 is 1.44 bits per heavy atom. The minimum atomic E-state index is -2.96. The van der Waals surface area contributed by atoms with Gasteiger partial charge < -0.3 is 15.4 Å². The molecular weight excluding hydrogens is 258 g/mol. The Bertz CT molecular complexity index is 541. The van der Waals surface area contributed by atoms with Crippen LogP contribution in [0.5, 0.6) is 0 Å². The van der Waals surface area contributed by atoms with E-state index in [0.29, 0.717) is 12.1 Å². The predicted molar refractivity (Wildman–Crippen MR) is 66.2 cm³/mol. The highest BCUT2D eigenvalue weighted by atomic mass is 32.2. The van der Waals surface area contributed by atoms with Crippen LogP contribution in [0.3, 0.4) is 0 Å². The molecule has 0 aromatic carbocycles. The number of rotatable bonds is 3. The van der Waals surface area contributed by atoms with Crippen LogP contribution < -0.4 is 5.32 Å². The average Bonchev–Trinajstić information content (AvgIpc) is 2.28. The van der Waals surface area contributed by atoms with Crippen LogP contribution in [0, 0.1) is 10.1 Å². The van der Waals surface area contributed by atoms with Gasteiger partial charge in [0.05, 0.1) is 17.2 Å². The molecule has 0 saturated carbocycles. The smallest absolute Gasteiger partial charge is 0.363 e. The summed E-state index contributed by atoms with van der Waals surface area (Å²) in [4.78, 5) is 13.5. The summed E-state index contributed by atoms with van der Waals surface area (Å²) in [6.45, 7) is 0. The van der Waals surface area contributed by atoms with E-state index in [-0.39, 0.29) is 23.4 Å². The molecule has 1 aromatic heterocycles. The van der Waals surface area contributed by atoms with Gasteiger partial charge in [0, 0.05) is 12.1 Å². The Morgan fingerprint density at radius 3 is 2.78 bits per heavy atom. The second-order valence-corrected chi connectivity index (χ2v) is 6.49. The van der Waals surface area contributed by atoms with E-state index in [1.165, 1.54) is 18.3 Å². The van der Waals surface area contributed by atoms with Crippen LogP contribution in [0.1, 0.15) is 12.8 Å². The van der Waals surface area contributed by atoms with E-state index in [4.69, 9.17) is 0 Å². The number of aromatic nitrogens is 1. The number of hydrogen-bond acceptors (Lipinski definition) is 6. The number of sulfone groups is 1. The quantitative estimate of drug-likeness (QED) is 0.649. The third-order valence-corrected chi connectivity index (χ3v) is 4.59. The largest absolute Gasteiger partial charge is 0.378 e. The fourth-order valence-electron chi connectivity index (χ4n) is 1.95. The van der Waals surface area contributed by atoms with Crippen molar-refractivity contribution in [2.45, 2.75) is 18.9 Å². The first kappa shape index (κ1) is 12.7. The second kappa shape index (κ2) is 4.89. The topological polar surface area (TPSA) is 102 Å². The van der Waals surface area contributed by atoms with Crippen molar-refractivity contribution < 1.29 is 13.3 Å². The minimum Gasteiger partial charge on any atom is -0.378 e. The number of hydrogen-bond donors (Lipinski definition) is 1. The van der Waals surface area contributed by atoms with Gasteiger partial charge in [-0.1, -0.05) is 0 Å². The molecule has 0 spiro atoms. The minimum absolute atomic E-state index is 0.101. The standard InChI is InChI=1S/C10H13N3O4S/c14-13(15)10-4-3-8(6-11-10)12-9-2-1-5-18(16,17)7-9/h3-4,6,9,12H,1-2,5,7H2. The Labute approximate surface area is 104 Å². The van der Waals surface area contributed by atoms with E-state index in [1.54, 1.807) is 0 Å². The van der Waals surface area contributed by atoms with Gasteiger partial charge in [0.25, 0.3) is 0 Å². The van der Waals surface area contributed by atoms with E-state index in [1.807, 2.05) is 0 Å². The first-order valence-electron chi connectivity index (χ1n) is 5.54. The van der Waals surface area contributed by atoms with Gasteiger partial charge in [-0.25, -0.2) is 8.42 Å². The summed E-state index contributed by atoms with van der Waals surface area (Å²) in [5, 5.41) is 13.5. The van der Waals surface area contributed by atoms with Gasteiger partial charge in [0.1, 0.15) is 0 Å². The molecule has 0 radical (unpaired) electrons. The van der Waals surface area contributed by atoms with Crippen molar-refractivity contribution in [1.82, 2.24) is 4.98 Å².